The van der Waals surface area contributed by atoms with Gasteiger partial charge >= 0.3 is 5.97 Å². The molecule has 7 nitrogen and oxygen atoms in total. The second kappa shape index (κ2) is 9.56. The second-order valence-corrected chi connectivity index (χ2v) is 7.93. The first-order valence-electron chi connectivity index (χ1n) is 10.8. The molecule has 1 aliphatic heterocycles. The normalized spacial score (nSPS) is 13.5. The maximum absolute atomic E-state index is 12.4. The van der Waals surface area contributed by atoms with Crippen molar-refractivity contribution in [3.63, 3.8) is 0 Å². The number of piperazine rings is 1. The molecule has 1 aliphatic rings. The van der Waals surface area contributed by atoms with Gasteiger partial charge in [-0.2, -0.15) is 0 Å². The van der Waals surface area contributed by atoms with Crippen LogP contribution < -0.4 is 15.1 Å². The number of aromatic carboxylic acids is 1. The zero-order valence-corrected chi connectivity index (χ0v) is 18.3. The van der Waals surface area contributed by atoms with E-state index in [0.29, 0.717) is 35.6 Å². The summed E-state index contributed by atoms with van der Waals surface area (Å²) in [5, 5.41) is 12.6. The molecule has 3 aromatic rings. The third-order valence-electron chi connectivity index (χ3n) is 5.78. The van der Waals surface area contributed by atoms with Gasteiger partial charge in [-0.3, -0.25) is 9.59 Å². The summed E-state index contributed by atoms with van der Waals surface area (Å²) in [6.07, 6.45) is 0. The molecule has 3 aromatic carbocycles. The fourth-order valence-corrected chi connectivity index (χ4v) is 3.97. The summed E-state index contributed by atoms with van der Waals surface area (Å²) in [7, 11) is 0. The highest BCUT2D eigenvalue weighted by Crippen LogP contribution is 2.27. The van der Waals surface area contributed by atoms with Gasteiger partial charge in [0.1, 0.15) is 0 Å². The van der Waals surface area contributed by atoms with E-state index in [1.807, 2.05) is 35.2 Å². The number of amides is 1. The molecule has 7 heteroatoms. The van der Waals surface area contributed by atoms with Gasteiger partial charge in [0, 0.05) is 48.7 Å². The van der Waals surface area contributed by atoms with Crippen LogP contribution in [0.4, 0.5) is 17.1 Å². The molecule has 4 rings (SSSR count). The zero-order chi connectivity index (χ0) is 23.4. The first kappa shape index (κ1) is 22.1. The van der Waals surface area contributed by atoms with Crippen molar-refractivity contribution in [1.29, 1.82) is 0 Å². The molecular formula is C26H25N3O4. The minimum atomic E-state index is -1.04. The lowest BCUT2D eigenvalue weighted by Gasteiger charge is -2.38. The number of hydrogen-bond donors (Lipinski definition) is 2. The molecular weight excluding hydrogens is 418 g/mol. The molecule has 0 saturated carbocycles. The van der Waals surface area contributed by atoms with Crippen molar-refractivity contribution in [2.24, 2.45) is 0 Å². The number of carbonyl (C=O) groups excluding carboxylic acids is 2. The largest absolute Gasteiger partial charge is 0.478 e. The SMILES string of the molecule is CC(=O)c1ccc(N2CCN(c3ccc(NC(=O)c4ccccc4)cc3C(=O)O)CC2)cc1. The number of rotatable bonds is 6. The van der Waals surface area contributed by atoms with Crippen LogP contribution >= 0.6 is 0 Å². The number of hydrogen-bond acceptors (Lipinski definition) is 5. The van der Waals surface area contributed by atoms with Gasteiger partial charge in [0.05, 0.1) is 11.3 Å². The molecule has 0 atom stereocenters. The highest BCUT2D eigenvalue weighted by molar-refractivity contribution is 6.05. The average molecular weight is 444 g/mol. The Hall–Kier alpha value is -4.13. The van der Waals surface area contributed by atoms with E-state index in [1.54, 1.807) is 43.3 Å². The average Bonchev–Trinajstić information content (AvgIpc) is 2.84. The fraction of sp³-hybridized carbons (Fsp3) is 0.192. The first-order chi connectivity index (χ1) is 15.9. The number of Topliss-reactive ketones (excluding diaryl/α,β-unsaturated/α-hetero) is 1. The summed E-state index contributed by atoms with van der Waals surface area (Å²) >= 11 is 0. The molecule has 0 unspecified atom stereocenters. The molecule has 2 N–H and O–H groups in total. The van der Waals surface area contributed by atoms with E-state index in [-0.39, 0.29) is 17.3 Å². The van der Waals surface area contributed by atoms with Gasteiger partial charge in [0.25, 0.3) is 5.91 Å². The quantitative estimate of drug-likeness (QED) is 0.556. The summed E-state index contributed by atoms with van der Waals surface area (Å²) in [4.78, 5) is 40.1. The van der Waals surface area contributed by atoms with Gasteiger partial charge in [0.15, 0.2) is 5.78 Å². The Morgan fingerprint density at radius 1 is 0.788 bits per heavy atom. The van der Waals surface area contributed by atoms with E-state index >= 15 is 0 Å². The maximum Gasteiger partial charge on any atom is 0.337 e. The summed E-state index contributed by atoms with van der Waals surface area (Å²) in [6.45, 7) is 4.32. The van der Waals surface area contributed by atoms with Crippen LogP contribution in [-0.4, -0.2) is 48.9 Å². The van der Waals surface area contributed by atoms with E-state index in [0.717, 1.165) is 18.8 Å². The van der Waals surface area contributed by atoms with Crippen molar-refractivity contribution in [3.05, 3.63) is 89.5 Å². The molecule has 0 bridgehead atoms. The predicted molar refractivity (Wildman–Crippen MR) is 129 cm³/mol. The molecule has 1 fully saturated rings. The topological polar surface area (TPSA) is 90.0 Å². The summed E-state index contributed by atoms with van der Waals surface area (Å²) in [5.41, 5.74) is 3.45. The maximum atomic E-state index is 12.4. The number of nitrogens with zero attached hydrogens (tertiary/aromatic N) is 2. The van der Waals surface area contributed by atoms with Crippen LogP contribution in [0, 0.1) is 0 Å². The Balaban J connectivity index is 1.46. The minimum Gasteiger partial charge on any atom is -0.478 e. The van der Waals surface area contributed by atoms with E-state index in [2.05, 4.69) is 10.2 Å². The third kappa shape index (κ3) is 5.03. The van der Waals surface area contributed by atoms with Gasteiger partial charge in [-0.25, -0.2) is 4.79 Å². The molecule has 1 saturated heterocycles. The Kier molecular flexibility index (Phi) is 6.40. The molecule has 0 spiro atoms. The number of carboxylic acids is 1. The third-order valence-corrected chi connectivity index (χ3v) is 5.78. The Bertz CT molecular complexity index is 1170. The number of benzene rings is 3. The van der Waals surface area contributed by atoms with E-state index < -0.39 is 5.97 Å². The predicted octanol–water partition coefficient (Wildman–Crippen LogP) is 4.17. The van der Waals surface area contributed by atoms with Crippen molar-refractivity contribution >= 4 is 34.7 Å². The second-order valence-electron chi connectivity index (χ2n) is 7.93. The van der Waals surface area contributed by atoms with Gasteiger partial charge in [-0.05, 0) is 61.5 Å². The smallest absolute Gasteiger partial charge is 0.337 e. The Labute approximate surface area is 192 Å². The van der Waals surface area contributed by atoms with Crippen molar-refractivity contribution in [2.75, 3.05) is 41.3 Å². The molecule has 0 aliphatic carbocycles. The molecule has 168 valence electrons. The molecule has 33 heavy (non-hydrogen) atoms. The summed E-state index contributed by atoms with van der Waals surface area (Å²) in [5.74, 6) is -1.29. The van der Waals surface area contributed by atoms with Gasteiger partial charge in [0.2, 0.25) is 0 Å². The standard InChI is InChI=1S/C26H25N3O4/c1-18(30)19-7-10-22(11-8-19)28-13-15-29(16-14-28)24-12-9-21(17-23(24)26(32)33)27-25(31)20-5-3-2-4-6-20/h2-12,17H,13-16H2,1H3,(H,27,31)(H,32,33). The van der Waals surface area contributed by atoms with E-state index in [4.69, 9.17) is 0 Å². The fourth-order valence-electron chi connectivity index (χ4n) is 3.97. The highest BCUT2D eigenvalue weighted by atomic mass is 16.4. The van der Waals surface area contributed by atoms with Crippen LogP contribution in [0.3, 0.4) is 0 Å². The summed E-state index contributed by atoms with van der Waals surface area (Å²) in [6, 6.07) is 21.3. The van der Waals surface area contributed by atoms with Crippen LogP contribution in [0.1, 0.15) is 38.0 Å². The molecule has 1 heterocycles. The zero-order valence-electron chi connectivity index (χ0n) is 18.3. The van der Waals surface area contributed by atoms with Crippen molar-refractivity contribution in [2.45, 2.75) is 6.92 Å². The Morgan fingerprint density at radius 3 is 2.03 bits per heavy atom. The van der Waals surface area contributed by atoms with Gasteiger partial charge in [-0.15, -0.1) is 0 Å². The first-order valence-corrected chi connectivity index (χ1v) is 10.8. The molecule has 0 radical (unpaired) electrons. The van der Waals surface area contributed by atoms with E-state index in [1.165, 1.54) is 6.07 Å². The number of carbonyl (C=O) groups is 3. The molecule has 0 aromatic heterocycles. The van der Waals surface area contributed by atoms with Crippen LogP contribution in [0.15, 0.2) is 72.8 Å². The van der Waals surface area contributed by atoms with Crippen molar-refractivity contribution in [3.8, 4) is 0 Å². The highest BCUT2D eigenvalue weighted by Gasteiger charge is 2.22. The van der Waals surface area contributed by atoms with Crippen LogP contribution in [-0.2, 0) is 0 Å². The van der Waals surface area contributed by atoms with Crippen molar-refractivity contribution in [1.82, 2.24) is 0 Å². The molecule has 1 amide bonds. The van der Waals surface area contributed by atoms with E-state index in [9.17, 15) is 19.5 Å². The van der Waals surface area contributed by atoms with Gasteiger partial charge < -0.3 is 20.2 Å². The van der Waals surface area contributed by atoms with Gasteiger partial charge in [-0.1, -0.05) is 18.2 Å². The van der Waals surface area contributed by atoms with Crippen LogP contribution in [0.2, 0.25) is 0 Å². The lowest BCUT2D eigenvalue weighted by Crippen LogP contribution is -2.47. The number of nitrogens with one attached hydrogen (secondary N) is 1. The summed E-state index contributed by atoms with van der Waals surface area (Å²) < 4.78 is 0. The lowest BCUT2D eigenvalue weighted by atomic mass is 10.1. The van der Waals surface area contributed by atoms with Crippen LogP contribution in [0.25, 0.3) is 0 Å². The lowest BCUT2D eigenvalue weighted by molar-refractivity contribution is 0.0697. The minimum absolute atomic E-state index is 0.0379. The monoisotopic (exact) mass is 443 g/mol. The number of anilines is 3. The number of carboxylic acid groups (broad SMARTS) is 1. The van der Waals surface area contributed by atoms with Crippen LogP contribution in [0.5, 0.6) is 0 Å². The number of ketones is 1. The van der Waals surface area contributed by atoms with Crippen molar-refractivity contribution < 1.29 is 19.5 Å². The Morgan fingerprint density at radius 2 is 1.42 bits per heavy atom.